The van der Waals surface area contributed by atoms with Crippen LogP contribution < -0.4 is 5.73 Å². The van der Waals surface area contributed by atoms with Gasteiger partial charge < -0.3 is 5.73 Å². The molecule has 0 aliphatic carbocycles. The maximum atomic E-state index is 13.3. The smallest absolute Gasteiger partial charge is 0.199 e. The Bertz CT molecular complexity index is 496. The van der Waals surface area contributed by atoms with Crippen LogP contribution in [0.2, 0.25) is 0 Å². The number of hydrogen-bond donors (Lipinski definition) is 1. The van der Waals surface area contributed by atoms with Crippen molar-refractivity contribution in [2.24, 2.45) is 0 Å². The first-order chi connectivity index (χ1) is 7.65. The second kappa shape index (κ2) is 4.57. The van der Waals surface area contributed by atoms with Gasteiger partial charge in [-0.15, -0.1) is 0 Å². The van der Waals surface area contributed by atoms with E-state index in [1.807, 2.05) is 6.07 Å². The fourth-order valence-electron chi connectivity index (χ4n) is 1.42. The van der Waals surface area contributed by atoms with E-state index >= 15 is 0 Å². The number of aromatic nitrogens is 2. The Morgan fingerprint density at radius 3 is 2.81 bits per heavy atom. The molecule has 0 fully saturated rings. The maximum Gasteiger partial charge on any atom is 0.199 e. The quantitative estimate of drug-likeness (QED) is 0.891. The lowest BCUT2D eigenvalue weighted by Crippen LogP contribution is -1.95. The van der Waals surface area contributed by atoms with E-state index in [-0.39, 0.29) is 5.82 Å². The topological polar surface area (TPSA) is 51.8 Å². The van der Waals surface area contributed by atoms with Crippen LogP contribution in [-0.4, -0.2) is 9.36 Å². The average Bonchev–Trinajstić information content (AvgIpc) is 2.66. The molecule has 0 spiro atoms. The van der Waals surface area contributed by atoms with Crippen molar-refractivity contribution in [1.29, 1.82) is 0 Å². The fraction of sp³-hybridized carbons (Fsp3) is 0.273. The molecule has 0 saturated carbocycles. The van der Waals surface area contributed by atoms with Crippen LogP contribution in [0.4, 0.5) is 9.52 Å². The highest BCUT2D eigenvalue weighted by Crippen LogP contribution is 2.12. The summed E-state index contributed by atoms with van der Waals surface area (Å²) < 4.78 is 17.3. The molecule has 1 aromatic heterocycles. The van der Waals surface area contributed by atoms with Gasteiger partial charge in [0.2, 0.25) is 0 Å². The van der Waals surface area contributed by atoms with Gasteiger partial charge >= 0.3 is 0 Å². The second-order valence-corrected chi connectivity index (χ2v) is 4.42. The summed E-state index contributed by atoms with van der Waals surface area (Å²) in [5.74, 6) is 0.562. The summed E-state index contributed by atoms with van der Waals surface area (Å²) in [7, 11) is 0. The Kier molecular flexibility index (Phi) is 3.14. The summed E-state index contributed by atoms with van der Waals surface area (Å²) in [6.45, 7) is 1.75. The van der Waals surface area contributed by atoms with E-state index in [1.165, 1.54) is 11.5 Å². The first-order valence-electron chi connectivity index (χ1n) is 4.98. The van der Waals surface area contributed by atoms with Crippen LogP contribution in [0.25, 0.3) is 0 Å². The Balaban J connectivity index is 2.02. The predicted molar refractivity (Wildman–Crippen MR) is 62.9 cm³/mol. The van der Waals surface area contributed by atoms with Gasteiger partial charge in [-0.2, -0.15) is 4.37 Å². The molecule has 2 aromatic rings. The van der Waals surface area contributed by atoms with Crippen molar-refractivity contribution in [3.63, 3.8) is 0 Å². The number of nitrogen functional groups attached to an aromatic ring is 1. The number of halogens is 1. The predicted octanol–water partition coefficient (Wildman–Crippen LogP) is 2.35. The maximum absolute atomic E-state index is 13.3. The van der Waals surface area contributed by atoms with Gasteiger partial charge in [0, 0.05) is 18.0 Å². The highest BCUT2D eigenvalue weighted by molar-refractivity contribution is 7.09. The summed E-state index contributed by atoms with van der Waals surface area (Å²) in [5.41, 5.74) is 7.10. The Hall–Kier alpha value is -1.49. The van der Waals surface area contributed by atoms with E-state index in [1.54, 1.807) is 19.1 Å². The zero-order valence-corrected chi connectivity index (χ0v) is 9.72. The van der Waals surface area contributed by atoms with Crippen LogP contribution in [0.1, 0.15) is 17.0 Å². The number of hydrogen-bond acceptors (Lipinski definition) is 4. The molecule has 0 unspecified atom stereocenters. The van der Waals surface area contributed by atoms with E-state index in [4.69, 9.17) is 5.73 Å². The van der Waals surface area contributed by atoms with Crippen molar-refractivity contribution < 1.29 is 4.39 Å². The summed E-state index contributed by atoms with van der Waals surface area (Å²) in [6, 6.07) is 5.27. The molecule has 0 amide bonds. The molecule has 0 saturated heterocycles. The molecular formula is C11H12FN3S. The SMILES string of the molecule is Cc1ccc(CCc2nsc(N)n2)cc1F. The minimum absolute atomic E-state index is 0.164. The molecule has 16 heavy (non-hydrogen) atoms. The van der Waals surface area contributed by atoms with Crippen LogP contribution in [-0.2, 0) is 12.8 Å². The van der Waals surface area contributed by atoms with Crippen molar-refractivity contribution in [3.05, 3.63) is 41.0 Å². The van der Waals surface area contributed by atoms with Crippen molar-refractivity contribution in [3.8, 4) is 0 Å². The lowest BCUT2D eigenvalue weighted by molar-refractivity contribution is 0.615. The number of anilines is 1. The second-order valence-electron chi connectivity index (χ2n) is 3.63. The van der Waals surface area contributed by atoms with E-state index in [9.17, 15) is 4.39 Å². The minimum atomic E-state index is -0.164. The van der Waals surface area contributed by atoms with Gasteiger partial charge in [-0.05, 0) is 30.5 Å². The molecule has 1 heterocycles. The Morgan fingerprint density at radius 2 is 2.19 bits per heavy atom. The van der Waals surface area contributed by atoms with Crippen LogP contribution in [0, 0.1) is 12.7 Å². The number of rotatable bonds is 3. The van der Waals surface area contributed by atoms with E-state index in [2.05, 4.69) is 9.36 Å². The normalized spacial score (nSPS) is 10.6. The van der Waals surface area contributed by atoms with Crippen LogP contribution in [0.5, 0.6) is 0 Å². The van der Waals surface area contributed by atoms with Crippen molar-refractivity contribution in [2.45, 2.75) is 19.8 Å². The van der Waals surface area contributed by atoms with Crippen LogP contribution in [0.3, 0.4) is 0 Å². The monoisotopic (exact) mass is 237 g/mol. The van der Waals surface area contributed by atoms with Gasteiger partial charge in [0.25, 0.3) is 0 Å². The first kappa shape index (κ1) is 11.0. The lowest BCUT2D eigenvalue weighted by atomic mass is 10.1. The largest absolute Gasteiger partial charge is 0.374 e. The lowest BCUT2D eigenvalue weighted by Gasteiger charge is -2.01. The van der Waals surface area contributed by atoms with Gasteiger partial charge in [0.1, 0.15) is 11.6 Å². The van der Waals surface area contributed by atoms with E-state index in [0.29, 0.717) is 17.1 Å². The zero-order chi connectivity index (χ0) is 11.5. The minimum Gasteiger partial charge on any atom is -0.374 e. The number of aryl methyl sites for hydroxylation is 3. The van der Waals surface area contributed by atoms with Gasteiger partial charge in [-0.3, -0.25) is 0 Å². The van der Waals surface area contributed by atoms with Crippen molar-refractivity contribution in [1.82, 2.24) is 9.36 Å². The highest BCUT2D eigenvalue weighted by Gasteiger charge is 2.03. The van der Waals surface area contributed by atoms with Gasteiger partial charge in [-0.25, -0.2) is 9.37 Å². The molecule has 84 valence electrons. The molecule has 5 heteroatoms. The van der Waals surface area contributed by atoms with Crippen LogP contribution in [0.15, 0.2) is 18.2 Å². The molecule has 3 nitrogen and oxygen atoms in total. The molecule has 0 bridgehead atoms. The molecule has 0 aliphatic heterocycles. The molecular weight excluding hydrogens is 225 g/mol. The highest BCUT2D eigenvalue weighted by atomic mass is 32.1. The summed E-state index contributed by atoms with van der Waals surface area (Å²) in [6.07, 6.45) is 1.42. The molecule has 0 atom stereocenters. The summed E-state index contributed by atoms with van der Waals surface area (Å²) >= 11 is 1.19. The molecule has 2 rings (SSSR count). The average molecular weight is 237 g/mol. The Morgan fingerprint density at radius 1 is 1.38 bits per heavy atom. The third kappa shape index (κ3) is 2.55. The van der Waals surface area contributed by atoms with Crippen LogP contribution >= 0.6 is 11.5 Å². The van der Waals surface area contributed by atoms with Gasteiger partial charge in [-0.1, -0.05) is 12.1 Å². The number of benzene rings is 1. The molecule has 2 N–H and O–H groups in total. The fourth-order valence-corrected chi connectivity index (χ4v) is 1.89. The summed E-state index contributed by atoms with van der Waals surface area (Å²) in [4.78, 5) is 4.06. The van der Waals surface area contributed by atoms with E-state index in [0.717, 1.165) is 17.8 Å². The van der Waals surface area contributed by atoms with E-state index < -0.39 is 0 Å². The van der Waals surface area contributed by atoms with Gasteiger partial charge in [0.05, 0.1) is 0 Å². The zero-order valence-electron chi connectivity index (χ0n) is 8.90. The Labute approximate surface area is 97.3 Å². The number of nitrogens with two attached hydrogens (primary N) is 1. The van der Waals surface area contributed by atoms with Crippen molar-refractivity contribution in [2.75, 3.05) is 5.73 Å². The summed E-state index contributed by atoms with van der Waals surface area (Å²) in [5, 5.41) is 0.477. The third-order valence-electron chi connectivity index (χ3n) is 2.36. The molecule has 1 aromatic carbocycles. The number of nitrogens with zero attached hydrogens (tertiary/aromatic N) is 2. The molecule has 0 aliphatic rings. The van der Waals surface area contributed by atoms with Gasteiger partial charge in [0.15, 0.2) is 5.13 Å². The van der Waals surface area contributed by atoms with Crippen molar-refractivity contribution >= 4 is 16.7 Å². The first-order valence-corrected chi connectivity index (χ1v) is 5.75. The standard InChI is InChI=1S/C11H12FN3S/c1-7-2-3-8(6-9(7)12)4-5-10-14-11(13)16-15-10/h2-3,6H,4-5H2,1H3,(H2,13,14,15). The third-order valence-corrected chi connectivity index (χ3v) is 2.94. The molecule has 0 radical (unpaired) electrons.